The first-order valence-electron chi connectivity index (χ1n) is 11.7. The summed E-state index contributed by atoms with van der Waals surface area (Å²) in [4.78, 5) is 17.6. The molecule has 2 fully saturated rings. The van der Waals surface area contributed by atoms with Crippen LogP contribution in [0.1, 0.15) is 41.6 Å². The second-order valence-corrected chi connectivity index (χ2v) is 9.24. The number of benzene rings is 2. The Kier molecular flexibility index (Phi) is 6.12. The molecule has 3 heterocycles. The number of hydrogen-bond donors (Lipinski definition) is 0. The quantitative estimate of drug-likeness (QED) is 0.726. The molecule has 1 amide bonds. The molecule has 2 aromatic carbocycles. The third-order valence-corrected chi connectivity index (χ3v) is 7.11. The maximum absolute atomic E-state index is 12.9. The van der Waals surface area contributed by atoms with Gasteiger partial charge in [-0.2, -0.15) is 0 Å². The van der Waals surface area contributed by atoms with Gasteiger partial charge in [-0.15, -0.1) is 0 Å². The monoisotopic (exact) mass is 420 g/mol. The Balaban J connectivity index is 1.06. The highest BCUT2D eigenvalue weighted by atomic mass is 16.7. The molecule has 0 spiro atoms. The molecular formula is C26H32N2O3. The lowest BCUT2D eigenvalue weighted by Gasteiger charge is -2.37. The summed E-state index contributed by atoms with van der Waals surface area (Å²) in [6.07, 6.45) is 6.02. The van der Waals surface area contributed by atoms with E-state index in [-0.39, 0.29) is 12.7 Å². The average Bonchev–Trinajstić information content (AvgIpc) is 3.29. The maximum Gasteiger partial charge on any atom is 0.253 e. The van der Waals surface area contributed by atoms with Crippen LogP contribution in [0.4, 0.5) is 0 Å². The lowest BCUT2D eigenvalue weighted by atomic mass is 9.89. The minimum Gasteiger partial charge on any atom is -0.454 e. The van der Waals surface area contributed by atoms with Crippen LogP contribution in [-0.2, 0) is 6.42 Å². The fraction of sp³-hybridized carbons (Fsp3) is 0.500. The molecule has 3 aliphatic rings. The predicted octanol–water partition coefficient (Wildman–Crippen LogP) is 4.22. The Hall–Kier alpha value is -2.53. The van der Waals surface area contributed by atoms with Crippen molar-refractivity contribution in [2.75, 3.05) is 39.5 Å². The van der Waals surface area contributed by atoms with Gasteiger partial charge in [-0.25, -0.2) is 0 Å². The summed E-state index contributed by atoms with van der Waals surface area (Å²) in [5, 5.41) is 0. The molecule has 2 aromatic rings. The molecule has 0 atom stereocenters. The van der Waals surface area contributed by atoms with Gasteiger partial charge in [0.25, 0.3) is 5.91 Å². The Morgan fingerprint density at radius 1 is 0.839 bits per heavy atom. The Bertz CT molecular complexity index is 885. The first-order chi connectivity index (χ1) is 15.2. The van der Waals surface area contributed by atoms with Crippen LogP contribution in [0.15, 0.2) is 48.5 Å². The average molecular weight is 421 g/mol. The van der Waals surface area contributed by atoms with Gasteiger partial charge in [0, 0.05) is 25.2 Å². The molecule has 31 heavy (non-hydrogen) atoms. The lowest BCUT2D eigenvalue weighted by Crippen LogP contribution is -2.43. The number of rotatable bonds is 5. The van der Waals surface area contributed by atoms with E-state index in [0.29, 0.717) is 17.2 Å². The number of likely N-dealkylation sites (tertiary alicyclic amines) is 2. The van der Waals surface area contributed by atoms with Crippen molar-refractivity contribution in [3.05, 3.63) is 59.7 Å². The Labute approximate surface area is 184 Å². The van der Waals surface area contributed by atoms with Crippen molar-refractivity contribution in [3.63, 3.8) is 0 Å². The molecule has 0 saturated carbocycles. The summed E-state index contributed by atoms with van der Waals surface area (Å²) in [6.45, 7) is 5.55. The molecule has 0 unspecified atom stereocenters. The van der Waals surface area contributed by atoms with Crippen LogP contribution in [0.2, 0.25) is 0 Å². The summed E-state index contributed by atoms with van der Waals surface area (Å²) >= 11 is 0. The zero-order chi connectivity index (χ0) is 21.0. The number of nitrogens with zero attached hydrogens (tertiary/aromatic N) is 2. The van der Waals surface area contributed by atoms with Crippen molar-refractivity contribution in [2.45, 2.75) is 32.1 Å². The SMILES string of the molecule is O=C(c1ccc2c(c1)OCO2)N1CCC(CN2CCC(Cc3ccccc3)CC2)CC1. The van der Waals surface area contributed by atoms with Crippen LogP contribution in [0, 0.1) is 11.8 Å². The molecule has 0 N–H and O–H groups in total. The predicted molar refractivity (Wildman–Crippen MR) is 121 cm³/mol. The van der Waals surface area contributed by atoms with Crippen LogP contribution in [0.3, 0.4) is 0 Å². The van der Waals surface area contributed by atoms with E-state index in [1.165, 1.54) is 44.5 Å². The molecule has 5 rings (SSSR count). The minimum absolute atomic E-state index is 0.110. The topological polar surface area (TPSA) is 42.0 Å². The highest BCUT2D eigenvalue weighted by Gasteiger charge is 2.27. The Morgan fingerprint density at radius 2 is 1.55 bits per heavy atom. The summed E-state index contributed by atoms with van der Waals surface area (Å²) in [5.74, 6) is 3.03. The minimum atomic E-state index is 0.110. The van der Waals surface area contributed by atoms with Gasteiger partial charge >= 0.3 is 0 Å². The standard InChI is InChI=1S/C26H32N2O3/c29-26(23-6-7-24-25(17-23)31-19-30-24)28-14-10-22(11-15-28)18-27-12-8-21(9-13-27)16-20-4-2-1-3-5-20/h1-7,17,21-22H,8-16,18-19H2. The van der Waals surface area contributed by atoms with Crippen molar-refractivity contribution in [3.8, 4) is 11.5 Å². The molecule has 3 aliphatic heterocycles. The van der Waals surface area contributed by atoms with Gasteiger partial charge in [-0.1, -0.05) is 30.3 Å². The second kappa shape index (κ2) is 9.31. The number of amides is 1. The zero-order valence-electron chi connectivity index (χ0n) is 18.2. The van der Waals surface area contributed by atoms with E-state index in [2.05, 4.69) is 35.2 Å². The van der Waals surface area contributed by atoms with Gasteiger partial charge in [-0.05, 0) is 80.8 Å². The largest absolute Gasteiger partial charge is 0.454 e. The van der Waals surface area contributed by atoms with Crippen molar-refractivity contribution in [1.82, 2.24) is 9.80 Å². The van der Waals surface area contributed by atoms with E-state index in [4.69, 9.17) is 9.47 Å². The molecule has 5 nitrogen and oxygen atoms in total. The molecule has 0 aromatic heterocycles. The van der Waals surface area contributed by atoms with Crippen molar-refractivity contribution < 1.29 is 14.3 Å². The summed E-state index contributed by atoms with van der Waals surface area (Å²) in [5.41, 5.74) is 2.17. The van der Waals surface area contributed by atoms with Crippen LogP contribution in [-0.4, -0.2) is 55.2 Å². The summed E-state index contributed by atoms with van der Waals surface area (Å²) in [7, 11) is 0. The summed E-state index contributed by atoms with van der Waals surface area (Å²) in [6, 6.07) is 16.4. The molecule has 0 bridgehead atoms. The molecule has 0 aliphatic carbocycles. The second-order valence-electron chi connectivity index (χ2n) is 9.24. The van der Waals surface area contributed by atoms with Gasteiger partial charge in [0.1, 0.15) is 0 Å². The lowest BCUT2D eigenvalue weighted by molar-refractivity contribution is 0.0651. The first kappa shape index (κ1) is 20.4. The van der Waals surface area contributed by atoms with E-state index < -0.39 is 0 Å². The number of carbonyl (C=O) groups is 1. The van der Waals surface area contributed by atoms with Crippen LogP contribution < -0.4 is 9.47 Å². The highest BCUT2D eigenvalue weighted by Crippen LogP contribution is 2.33. The number of piperidine rings is 2. The third kappa shape index (κ3) is 4.87. The van der Waals surface area contributed by atoms with Crippen molar-refractivity contribution >= 4 is 5.91 Å². The fourth-order valence-corrected chi connectivity index (χ4v) is 5.22. The maximum atomic E-state index is 12.9. The van der Waals surface area contributed by atoms with Crippen LogP contribution >= 0.6 is 0 Å². The third-order valence-electron chi connectivity index (χ3n) is 7.11. The van der Waals surface area contributed by atoms with Gasteiger partial charge < -0.3 is 19.3 Å². The number of hydrogen-bond acceptors (Lipinski definition) is 4. The van der Waals surface area contributed by atoms with Crippen molar-refractivity contribution in [1.29, 1.82) is 0 Å². The van der Waals surface area contributed by atoms with Gasteiger partial charge in [0.05, 0.1) is 0 Å². The van der Waals surface area contributed by atoms with Crippen molar-refractivity contribution in [2.24, 2.45) is 11.8 Å². The molecule has 5 heteroatoms. The van der Waals surface area contributed by atoms with E-state index in [1.807, 2.05) is 23.1 Å². The van der Waals surface area contributed by atoms with E-state index in [0.717, 1.165) is 37.6 Å². The van der Waals surface area contributed by atoms with Gasteiger partial charge in [0.2, 0.25) is 6.79 Å². The van der Waals surface area contributed by atoms with Crippen LogP contribution in [0.25, 0.3) is 0 Å². The number of ether oxygens (including phenoxy) is 2. The zero-order valence-corrected chi connectivity index (χ0v) is 18.2. The molecular weight excluding hydrogens is 388 g/mol. The first-order valence-corrected chi connectivity index (χ1v) is 11.7. The van der Waals surface area contributed by atoms with E-state index in [9.17, 15) is 4.79 Å². The highest BCUT2D eigenvalue weighted by molar-refractivity contribution is 5.95. The Morgan fingerprint density at radius 3 is 2.32 bits per heavy atom. The molecule has 2 saturated heterocycles. The smallest absolute Gasteiger partial charge is 0.253 e. The summed E-state index contributed by atoms with van der Waals surface area (Å²) < 4.78 is 10.8. The van der Waals surface area contributed by atoms with E-state index >= 15 is 0 Å². The van der Waals surface area contributed by atoms with Gasteiger partial charge in [0.15, 0.2) is 11.5 Å². The van der Waals surface area contributed by atoms with E-state index in [1.54, 1.807) is 0 Å². The number of carbonyl (C=O) groups excluding carboxylic acids is 1. The molecule has 0 radical (unpaired) electrons. The fourth-order valence-electron chi connectivity index (χ4n) is 5.22. The van der Waals surface area contributed by atoms with Gasteiger partial charge in [-0.3, -0.25) is 4.79 Å². The number of fused-ring (bicyclic) bond motifs is 1. The molecule has 164 valence electrons. The van der Waals surface area contributed by atoms with Crippen LogP contribution in [0.5, 0.6) is 11.5 Å². The normalized spacial score (nSPS) is 20.2.